The lowest BCUT2D eigenvalue weighted by molar-refractivity contribution is -0.271. The molecule has 1 aliphatic heterocycles. The first-order valence-corrected chi connectivity index (χ1v) is 17.5. The van der Waals surface area contributed by atoms with Gasteiger partial charge in [-0.3, -0.25) is 9.59 Å². The third kappa shape index (κ3) is 17.1. The van der Waals surface area contributed by atoms with E-state index in [1.54, 1.807) is 12.1 Å². The van der Waals surface area contributed by atoms with Gasteiger partial charge in [0, 0.05) is 31.7 Å². The molecule has 1 heterocycles. The van der Waals surface area contributed by atoms with Crippen LogP contribution in [0.25, 0.3) is 0 Å². The zero-order valence-corrected chi connectivity index (χ0v) is 29.4. The number of hydrogen-bond donors (Lipinski definition) is 7. The highest BCUT2D eigenvalue weighted by molar-refractivity contribution is 14.1. The van der Waals surface area contributed by atoms with Crippen molar-refractivity contribution in [3.05, 3.63) is 29.3 Å². The molecule has 0 aliphatic carbocycles. The molecule has 2 rings (SSSR count). The topological polar surface area (TPSA) is 255 Å². The molecule has 1 fully saturated rings. The zero-order valence-electron chi connectivity index (χ0n) is 27.3. The molecule has 49 heavy (non-hydrogen) atoms. The fourth-order valence-corrected chi connectivity index (χ4v) is 4.84. The number of aliphatic hydroxyl groups is 3. The van der Waals surface area contributed by atoms with Gasteiger partial charge in [0.15, 0.2) is 6.10 Å². The largest absolute Gasteiger partial charge is 0.479 e. The van der Waals surface area contributed by atoms with Crippen LogP contribution in [-0.2, 0) is 51.1 Å². The number of aliphatic carboxylic acids is 1. The standard InChI is InChI=1S/C31H48IN3O14/c32-18-24(37)34-9-3-1-2-6-23(36)35-10-12-45-14-16-46-15-13-44-11-4-5-20-7-8-22(21(17-20)19-47-31(33)43)48-30-27(40)25(38)26(39)28(49-30)29(41)42/h7-8,17,25-28,30,38-40H,1-6,9-16,18-19H2,(H2,33,43)(H,34,37)(H,35,36)(H,41,42)/t25-,26-,27+,28-,30+/m0/s1. The van der Waals surface area contributed by atoms with Gasteiger partial charge in [0.05, 0.1) is 37.5 Å². The molecule has 17 nitrogen and oxygen atoms in total. The van der Waals surface area contributed by atoms with Crippen LogP contribution in [0.4, 0.5) is 4.79 Å². The van der Waals surface area contributed by atoms with Crippen molar-refractivity contribution in [1.29, 1.82) is 0 Å². The summed E-state index contributed by atoms with van der Waals surface area (Å²) in [5.41, 5.74) is 6.28. The predicted molar refractivity (Wildman–Crippen MR) is 180 cm³/mol. The van der Waals surface area contributed by atoms with Crippen molar-refractivity contribution >= 4 is 46.5 Å². The molecule has 3 amide bonds. The number of carbonyl (C=O) groups is 4. The van der Waals surface area contributed by atoms with E-state index in [0.717, 1.165) is 24.8 Å². The summed E-state index contributed by atoms with van der Waals surface area (Å²) in [5, 5.41) is 45.1. The van der Waals surface area contributed by atoms with Crippen molar-refractivity contribution in [2.45, 2.75) is 75.8 Å². The molecular formula is C31H48IN3O14. The summed E-state index contributed by atoms with van der Waals surface area (Å²) in [7, 11) is 0. The van der Waals surface area contributed by atoms with Gasteiger partial charge < -0.3 is 65.2 Å². The summed E-state index contributed by atoms with van der Waals surface area (Å²) in [6.07, 6.45) is -5.80. The van der Waals surface area contributed by atoms with Gasteiger partial charge >= 0.3 is 12.1 Å². The highest BCUT2D eigenvalue weighted by atomic mass is 127. The van der Waals surface area contributed by atoms with Crippen molar-refractivity contribution in [2.24, 2.45) is 5.73 Å². The highest BCUT2D eigenvalue weighted by Crippen LogP contribution is 2.28. The van der Waals surface area contributed by atoms with E-state index in [0.29, 0.717) is 82.0 Å². The summed E-state index contributed by atoms with van der Waals surface area (Å²) in [4.78, 5) is 45.6. The number of nitrogens with one attached hydrogen (secondary N) is 2. The average Bonchev–Trinajstić information content (AvgIpc) is 3.07. The summed E-state index contributed by atoms with van der Waals surface area (Å²) in [6.45, 7) is 3.12. The fourth-order valence-electron chi connectivity index (χ4n) is 4.57. The molecule has 0 unspecified atom stereocenters. The molecule has 18 heteroatoms. The maximum atomic E-state index is 11.8. The lowest BCUT2D eigenvalue weighted by Crippen LogP contribution is -2.61. The first kappa shape index (κ1) is 42.3. The Morgan fingerprint density at radius 2 is 1.49 bits per heavy atom. The average molecular weight is 814 g/mol. The number of primary amides is 1. The Balaban J connectivity index is 1.58. The van der Waals surface area contributed by atoms with E-state index in [1.807, 2.05) is 22.6 Å². The number of carboxylic acids is 1. The number of amides is 3. The number of rotatable bonds is 25. The van der Waals surface area contributed by atoms with Crippen LogP contribution in [0.15, 0.2) is 18.2 Å². The third-order valence-electron chi connectivity index (χ3n) is 7.14. The van der Waals surface area contributed by atoms with E-state index in [9.17, 15) is 39.6 Å². The van der Waals surface area contributed by atoms with Crippen LogP contribution >= 0.6 is 22.6 Å². The van der Waals surface area contributed by atoms with E-state index in [-0.39, 0.29) is 24.2 Å². The molecule has 0 radical (unpaired) electrons. The first-order valence-electron chi connectivity index (χ1n) is 16.0. The number of alkyl halides is 1. The number of carboxylic acid groups (broad SMARTS) is 1. The molecule has 5 atom stereocenters. The summed E-state index contributed by atoms with van der Waals surface area (Å²) in [6, 6.07) is 4.91. The Morgan fingerprint density at radius 3 is 2.16 bits per heavy atom. The number of aryl methyl sites for hydroxylation is 1. The second kappa shape index (κ2) is 24.3. The maximum absolute atomic E-state index is 11.8. The Hall–Kier alpha value is -2.85. The van der Waals surface area contributed by atoms with Gasteiger partial charge in [-0.25, -0.2) is 9.59 Å². The molecular weight excluding hydrogens is 765 g/mol. The van der Waals surface area contributed by atoms with Crippen LogP contribution in [0, 0.1) is 0 Å². The number of carbonyl (C=O) groups excluding carboxylic acids is 3. The van der Waals surface area contributed by atoms with Crippen LogP contribution in [-0.4, -0.2) is 132 Å². The molecule has 0 saturated carbocycles. The van der Waals surface area contributed by atoms with Gasteiger partial charge in [-0.15, -0.1) is 0 Å². The Bertz CT molecular complexity index is 1160. The zero-order chi connectivity index (χ0) is 36.0. The molecule has 8 N–H and O–H groups in total. The molecule has 1 aliphatic rings. The van der Waals surface area contributed by atoms with Crippen LogP contribution in [0.2, 0.25) is 0 Å². The number of unbranched alkanes of at least 4 members (excludes halogenated alkanes) is 2. The molecule has 278 valence electrons. The number of aliphatic hydroxyl groups excluding tert-OH is 3. The van der Waals surface area contributed by atoms with E-state index in [1.165, 1.54) is 6.07 Å². The lowest BCUT2D eigenvalue weighted by Gasteiger charge is -2.38. The van der Waals surface area contributed by atoms with Crippen molar-refractivity contribution in [3.8, 4) is 5.75 Å². The van der Waals surface area contributed by atoms with Crippen molar-refractivity contribution in [1.82, 2.24) is 10.6 Å². The summed E-state index contributed by atoms with van der Waals surface area (Å²) < 4.78 is 32.7. The second-order valence-electron chi connectivity index (χ2n) is 11.0. The summed E-state index contributed by atoms with van der Waals surface area (Å²) >= 11 is 2.01. The van der Waals surface area contributed by atoms with E-state index >= 15 is 0 Å². The number of nitrogens with two attached hydrogens (primary N) is 1. The predicted octanol–water partition coefficient (Wildman–Crippen LogP) is -0.237. The minimum atomic E-state index is -1.87. The van der Waals surface area contributed by atoms with Crippen LogP contribution in [0.1, 0.15) is 43.2 Å². The van der Waals surface area contributed by atoms with Crippen LogP contribution in [0.5, 0.6) is 5.75 Å². The van der Waals surface area contributed by atoms with E-state index in [2.05, 4.69) is 10.6 Å². The van der Waals surface area contributed by atoms with Gasteiger partial charge in [-0.2, -0.15) is 0 Å². The van der Waals surface area contributed by atoms with Gasteiger partial charge in [-0.05, 0) is 43.4 Å². The second-order valence-corrected chi connectivity index (χ2v) is 11.8. The van der Waals surface area contributed by atoms with E-state index < -0.39 is 42.8 Å². The lowest BCUT2D eigenvalue weighted by atomic mass is 9.99. The number of hydrogen-bond acceptors (Lipinski definition) is 13. The minimum Gasteiger partial charge on any atom is -0.479 e. The minimum absolute atomic E-state index is 0.0230. The first-order chi connectivity index (χ1) is 23.5. The maximum Gasteiger partial charge on any atom is 0.404 e. The van der Waals surface area contributed by atoms with Gasteiger partial charge in [0.25, 0.3) is 0 Å². The normalized spacial score (nSPS) is 20.4. The number of ether oxygens (including phenoxy) is 6. The monoisotopic (exact) mass is 813 g/mol. The fraction of sp³-hybridized carbons (Fsp3) is 0.677. The van der Waals surface area contributed by atoms with Crippen LogP contribution < -0.4 is 21.1 Å². The molecule has 1 aromatic carbocycles. The van der Waals surface area contributed by atoms with E-state index in [4.69, 9.17) is 34.2 Å². The summed E-state index contributed by atoms with van der Waals surface area (Å²) in [5.74, 6) is -1.47. The number of benzene rings is 1. The molecule has 0 bridgehead atoms. The molecule has 1 saturated heterocycles. The Morgan fingerprint density at radius 1 is 0.816 bits per heavy atom. The van der Waals surface area contributed by atoms with Crippen molar-refractivity contribution in [2.75, 3.05) is 57.2 Å². The van der Waals surface area contributed by atoms with Crippen LogP contribution in [0.3, 0.4) is 0 Å². The third-order valence-corrected chi connectivity index (χ3v) is 7.83. The highest BCUT2D eigenvalue weighted by Gasteiger charge is 2.48. The van der Waals surface area contributed by atoms with Gasteiger partial charge in [-0.1, -0.05) is 35.1 Å². The number of halogens is 1. The Labute approximate surface area is 298 Å². The smallest absolute Gasteiger partial charge is 0.404 e. The molecule has 0 spiro atoms. The SMILES string of the molecule is NC(=O)OCc1cc(CCCOCCOCCOCCNC(=O)CCCCCNC(=O)CI)ccc1O[C@@H]1O[C@H](C(=O)O)[C@@H](O)[C@H](O)[C@H]1O. The van der Waals surface area contributed by atoms with Gasteiger partial charge in [0.2, 0.25) is 18.1 Å². The molecule has 0 aromatic heterocycles. The van der Waals surface area contributed by atoms with Crippen molar-refractivity contribution < 1.29 is 68.0 Å². The van der Waals surface area contributed by atoms with Crippen molar-refractivity contribution in [3.63, 3.8) is 0 Å². The Kier molecular flexibility index (Phi) is 21.0. The quantitative estimate of drug-likeness (QED) is 0.0383. The molecule has 1 aromatic rings. The van der Waals surface area contributed by atoms with Gasteiger partial charge in [0.1, 0.15) is 30.7 Å².